The standard InChI is InChI=1S/C18H17N3O/c1-13(14-6-4-3-5-7-14)21-17-9-8-15(22-2)12-16(17)20-18(21)10-11-19/h3-9,12-13H,10H2,1-2H3. The van der Waals surface area contributed by atoms with Crippen LogP contribution < -0.4 is 4.74 Å². The van der Waals surface area contributed by atoms with E-state index in [0.717, 1.165) is 22.6 Å². The van der Waals surface area contributed by atoms with Crippen LogP contribution in [0.1, 0.15) is 24.4 Å². The summed E-state index contributed by atoms with van der Waals surface area (Å²) in [4.78, 5) is 4.62. The Labute approximate surface area is 129 Å². The zero-order valence-electron chi connectivity index (χ0n) is 12.7. The Hall–Kier alpha value is -2.80. The van der Waals surface area contributed by atoms with E-state index in [1.54, 1.807) is 7.11 Å². The lowest BCUT2D eigenvalue weighted by atomic mass is 10.1. The summed E-state index contributed by atoms with van der Waals surface area (Å²) in [6, 6.07) is 18.4. The van der Waals surface area contributed by atoms with Gasteiger partial charge in [-0.05, 0) is 24.6 Å². The molecule has 0 fully saturated rings. The number of imidazole rings is 1. The Bertz CT molecular complexity index is 831. The molecule has 3 rings (SSSR count). The van der Waals surface area contributed by atoms with Gasteiger partial charge in [0.15, 0.2) is 0 Å². The molecular weight excluding hydrogens is 274 g/mol. The number of hydrogen-bond acceptors (Lipinski definition) is 3. The first kappa shape index (κ1) is 14.2. The summed E-state index contributed by atoms with van der Waals surface area (Å²) in [5.74, 6) is 1.55. The Morgan fingerprint density at radius 3 is 2.68 bits per heavy atom. The van der Waals surface area contributed by atoms with E-state index in [2.05, 4.69) is 34.7 Å². The van der Waals surface area contributed by atoms with E-state index in [0.29, 0.717) is 0 Å². The number of methoxy groups -OCH3 is 1. The summed E-state index contributed by atoms with van der Waals surface area (Å²) in [7, 11) is 1.64. The molecule has 22 heavy (non-hydrogen) atoms. The number of fused-ring (bicyclic) bond motifs is 1. The second-order valence-corrected chi connectivity index (χ2v) is 5.17. The summed E-state index contributed by atoms with van der Waals surface area (Å²) in [5, 5.41) is 9.09. The SMILES string of the molecule is COc1ccc2c(c1)nc(CC#N)n2C(C)c1ccccc1. The summed E-state index contributed by atoms with van der Waals surface area (Å²) in [5.41, 5.74) is 3.06. The van der Waals surface area contributed by atoms with E-state index in [1.807, 2.05) is 36.4 Å². The van der Waals surface area contributed by atoms with Gasteiger partial charge in [0.2, 0.25) is 0 Å². The Morgan fingerprint density at radius 1 is 1.23 bits per heavy atom. The monoisotopic (exact) mass is 291 g/mol. The molecule has 110 valence electrons. The van der Waals surface area contributed by atoms with Crippen molar-refractivity contribution in [3.05, 3.63) is 59.9 Å². The topological polar surface area (TPSA) is 50.8 Å². The lowest BCUT2D eigenvalue weighted by molar-refractivity contribution is 0.415. The highest BCUT2D eigenvalue weighted by Crippen LogP contribution is 2.28. The summed E-state index contributed by atoms with van der Waals surface area (Å²) in [6.45, 7) is 2.13. The van der Waals surface area contributed by atoms with Crippen LogP contribution in [-0.4, -0.2) is 16.7 Å². The van der Waals surface area contributed by atoms with E-state index in [-0.39, 0.29) is 12.5 Å². The average molecular weight is 291 g/mol. The third-order valence-corrected chi connectivity index (χ3v) is 3.88. The molecule has 1 atom stereocenters. The highest BCUT2D eigenvalue weighted by molar-refractivity contribution is 5.78. The molecule has 2 aromatic carbocycles. The quantitative estimate of drug-likeness (QED) is 0.736. The fraction of sp³-hybridized carbons (Fsp3) is 0.222. The molecule has 0 spiro atoms. The van der Waals surface area contributed by atoms with E-state index in [1.165, 1.54) is 5.56 Å². The van der Waals surface area contributed by atoms with Gasteiger partial charge in [0.25, 0.3) is 0 Å². The van der Waals surface area contributed by atoms with Gasteiger partial charge in [-0.3, -0.25) is 0 Å². The summed E-state index contributed by atoms with van der Waals surface area (Å²) < 4.78 is 7.39. The minimum atomic E-state index is 0.114. The van der Waals surface area contributed by atoms with Gasteiger partial charge < -0.3 is 9.30 Å². The number of nitriles is 1. The molecule has 0 aliphatic rings. The van der Waals surface area contributed by atoms with Crippen LogP contribution in [0.2, 0.25) is 0 Å². The zero-order chi connectivity index (χ0) is 15.5. The number of nitrogens with zero attached hydrogens (tertiary/aromatic N) is 3. The lowest BCUT2D eigenvalue weighted by Crippen LogP contribution is -2.10. The van der Waals surface area contributed by atoms with Gasteiger partial charge in [-0.25, -0.2) is 4.98 Å². The van der Waals surface area contributed by atoms with Gasteiger partial charge in [0.05, 0.1) is 36.7 Å². The maximum atomic E-state index is 9.09. The van der Waals surface area contributed by atoms with Crippen molar-refractivity contribution < 1.29 is 4.74 Å². The second-order valence-electron chi connectivity index (χ2n) is 5.17. The number of hydrogen-bond donors (Lipinski definition) is 0. The van der Waals surface area contributed by atoms with Crippen LogP contribution in [0.3, 0.4) is 0 Å². The fourth-order valence-electron chi connectivity index (χ4n) is 2.76. The molecule has 1 heterocycles. The molecule has 4 nitrogen and oxygen atoms in total. The van der Waals surface area contributed by atoms with Crippen LogP contribution >= 0.6 is 0 Å². The van der Waals surface area contributed by atoms with Crippen molar-refractivity contribution in [2.45, 2.75) is 19.4 Å². The third-order valence-electron chi connectivity index (χ3n) is 3.88. The first-order valence-corrected chi connectivity index (χ1v) is 7.21. The molecule has 0 amide bonds. The Balaban J connectivity index is 2.18. The van der Waals surface area contributed by atoms with Crippen LogP contribution in [0.5, 0.6) is 5.75 Å². The molecule has 4 heteroatoms. The van der Waals surface area contributed by atoms with Crippen molar-refractivity contribution in [3.8, 4) is 11.8 Å². The van der Waals surface area contributed by atoms with E-state index < -0.39 is 0 Å². The first-order chi connectivity index (χ1) is 10.7. The first-order valence-electron chi connectivity index (χ1n) is 7.21. The van der Waals surface area contributed by atoms with Crippen LogP contribution in [-0.2, 0) is 6.42 Å². The van der Waals surface area contributed by atoms with Gasteiger partial charge in [-0.15, -0.1) is 0 Å². The van der Waals surface area contributed by atoms with E-state index in [9.17, 15) is 0 Å². The van der Waals surface area contributed by atoms with Crippen molar-refractivity contribution in [1.82, 2.24) is 9.55 Å². The van der Waals surface area contributed by atoms with Gasteiger partial charge >= 0.3 is 0 Å². The van der Waals surface area contributed by atoms with Gasteiger partial charge in [-0.2, -0.15) is 5.26 Å². The van der Waals surface area contributed by atoms with Crippen molar-refractivity contribution in [2.75, 3.05) is 7.11 Å². The zero-order valence-corrected chi connectivity index (χ0v) is 12.7. The number of aromatic nitrogens is 2. The smallest absolute Gasteiger partial charge is 0.124 e. The fourth-order valence-corrected chi connectivity index (χ4v) is 2.76. The van der Waals surface area contributed by atoms with Gasteiger partial charge in [0, 0.05) is 6.07 Å². The molecular formula is C18H17N3O. The molecule has 0 bridgehead atoms. The molecule has 0 saturated heterocycles. The lowest BCUT2D eigenvalue weighted by Gasteiger charge is -2.17. The van der Waals surface area contributed by atoms with Crippen molar-refractivity contribution in [2.24, 2.45) is 0 Å². The minimum Gasteiger partial charge on any atom is -0.497 e. The number of rotatable bonds is 4. The molecule has 0 aliphatic carbocycles. The summed E-state index contributed by atoms with van der Waals surface area (Å²) in [6.07, 6.45) is 0.286. The maximum Gasteiger partial charge on any atom is 0.124 e. The minimum absolute atomic E-state index is 0.114. The molecule has 0 radical (unpaired) electrons. The molecule has 3 aromatic rings. The average Bonchev–Trinajstić information content (AvgIpc) is 2.92. The Morgan fingerprint density at radius 2 is 2.00 bits per heavy atom. The van der Waals surface area contributed by atoms with E-state index in [4.69, 9.17) is 10.00 Å². The van der Waals surface area contributed by atoms with Crippen LogP contribution in [0.25, 0.3) is 11.0 Å². The molecule has 0 N–H and O–H groups in total. The number of benzene rings is 2. The largest absolute Gasteiger partial charge is 0.497 e. The summed E-state index contributed by atoms with van der Waals surface area (Å²) >= 11 is 0. The van der Waals surface area contributed by atoms with Crippen molar-refractivity contribution >= 4 is 11.0 Å². The predicted octanol–water partition coefficient (Wildman–Crippen LogP) is 3.72. The van der Waals surface area contributed by atoms with Crippen LogP contribution in [0.15, 0.2) is 48.5 Å². The molecule has 1 unspecified atom stereocenters. The predicted molar refractivity (Wildman–Crippen MR) is 85.9 cm³/mol. The van der Waals surface area contributed by atoms with Gasteiger partial charge in [0.1, 0.15) is 11.6 Å². The van der Waals surface area contributed by atoms with Crippen LogP contribution in [0, 0.1) is 11.3 Å². The van der Waals surface area contributed by atoms with Crippen LogP contribution in [0.4, 0.5) is 0 Å². The highest BCUT2D eigenvalue weighted by Gasteiger charge is 2.17. The second kappa shape index (κ2) is 5.90. The third kappa shape index (κ3) is 2.42. The normalized spacial score (nSPS) is 12.0. The van der Waals surface area contributed by atoms with E-state index >= 15 is 0 Å². The van der Waals surface area contributed by atoms with Gasteiger partial charge in [-0.1, -0.05) is 30.3 Å². The molecule has 0 aliphatic heterocycles. The molecule has 0 saturated carbocycles. The van der Waals surface area contributed by atoms with Crippen molar-refractivity contribution in [1.29, 1.82) is 5.26 Å². The Kier molecular flexibility index (Phi) is 3.80. The van der Waals surface area contributed by atoms with Crippen molar-refractivity contribution in [3.63, 3.8) is 0 Å². The maximum absolute atomic E-state index is 9.09. The highest BCUT2D eigenvalue weighted by atomic mass is 16.5. The number of ether oxygens (including phenoxy) is 1. The molecule has 1 aromatic heterocycles.